The molecule has 0 bridgehead atoms. The van der Waals surface area contributed by atoms with E-state index in [1.54, 1.807) is 26.4 Å². The minimum atomic E-state index is 0.268. The van der Waals surface area contributed by atoms with Crippen LogP contribution < -0.4 is 4.74 Å². The van der Waals surface area contributed by atoms with Crippen LogP contribution in [0.15, 0.2) is 34.5 Å². The van der Waals surface area contributed by atoms with Crippen LogP contribution in [0.25, 0.3) is 0 Å². The van der Waals surface area contributed by atoms with E-state index in [1.165, 1.54) is 0 Å². The maximum Gasteiger partial charge on any atom is 0.213 e. The van der Waals surface area contributed by atoms with Crippen LogP contribution in [0.4, 0.5) is 0 Å². The van der Waals surface area contributed by atoms with Crippen molar-refractivity contribution in [2.45, 2.75) is 47.6 Å². The van der Waals surface area contributed by atoms with Crippen LogP contribution in [-0.2, 0) is 11.3 Å². The van der Waals surface area contributed by atoms with E-state index in [4.69, 9.17) is 14.7 Å². The molecule has 1 aromatic heterocycles. The Kier molecular flexibility index (Phi) is 16.0. The third kappa shape index (κ3) is 9.30. The van der Waals surface area contributed by atoms with Gasteiger partial charge in [-0.25, -0.2) is 4.98 Å². The molecule has 1 rings (SSSR count). The molecule has 0 aromatic carbocycles. The average molecular weight is 319 g/mol. The lowest BCUT2D eigenvalue weighted by atomic mass is 10.2. The summed E-state index contributed by atoms with van der Waals surface area (Å²) in [5.41, 5.74) is 1.29. The summed E-state index contributed by atoms with van der Waals surface area (Å²) in [5, 5.41) is 9.02. The van der Waals surface area contributed by atoms with Gasteiger partial charge < -0.3 is 9.47 Å². The maximum atomic E-state index is 9.02. The van der Waals surface area contributed by atoms with Gasteiger partial charge in [-0.1, -0.05) is 40.7 Å². The molecule has 0 aliphatic heterocycles. The molecule has 0 unspecified atom stereocenters. The smallest absolute Gasteiger partial charge is 0.213 e. The fourth-order valence-electron chi connectivity index (χ4n) is 1.43. The normalized spacial score (nSPS) is 10.3. The number of rotatable bonds is 6. The fourth-order valence-corrected chi connectivity index (χ4v) is 1.43. The second-order valence-electron chi connectivity index (χ2n) is 3.66. The van der Waals surface area contributed by atoms with Gasteiger partial charge in [0, 0.05) is 13.1 Å². The Morgan fingerprint density at radius 2 is 1.96 bits per heavy atom. The number of nitriles is 1. The molecule has 1 heterocycles. The molecule has 0 radical (unpaired) electrons. The second-order valence-corrected chi connectivity index (χ2v) is 3.66. The van der Waals surface area contributed by atoms with E-state index in [9.17, 15) is 0 Å². The van der Waals surface area contributed by atoms with Crippen molar-refractivity contribution in [2.75, 3.05) is 14.2 Å². The third-order valence-electron chi connectivity index (χ3n) is 2.40. The first-order valence-electron chi connectivity index (χ1n) is 7.93. The number of pyridine rings is 1. The van der Waals surface area contributed by atoms with E-state index < -0.39 is 0 Å². The number of hydrogen-bond acceptors (Lipinski definition) is 5. The Balaban J connectivity index is 0. The first-order chi connectivity index (χ1) is 11.2. The number of aromatic nitrogens is 1. The highest BCUT2D eigenvalue weighted by Gasteiger charge is 2.05. The summed E-state index contributed by atoms with van der Waals surface area (Å²) in [6.45, 7) is 10.2. The molecule has 0 atom stereocenters. The number of methoxy groups -OCH3 is 1. The maximum absolute atomic E-state index is 9.02. The Hall–Kier alpha value is -2.35. The van der Waals surface area contributed by atoms with Gasteiger partial charge in [0.15, 0.2) is 5.76 Å². The van der Waals surface area contributed by atoms with Crippen LogP contribution in [0.5, 0.6) is 5.88 Å². The molecule has 0 saturated heterocycles. The molecule has 0 spiro atoms. The van der Waals surface area contributed by atoms with Crippen LogP contribution >= 0.6 is 0 Å². The molecular formula is C18H29N3O2. The summed E-state index contributed by atoms with van der Waals surface area (Å²) in [7, 11) is 3.20. The van der Waals surface area contributed by atoms with Gasteiger partial charge in [-0.05, 0) is 12.5 Å². The van der Waals surface area contributed by atoms with E-state index in [1.807, 2.05) is 46.8 Å². The Morgan fingerprint density at radius 1 is 1.30 bits per heavy atom. The minimum absolute atomic E-state index is 0.268. The highest BCUT2D eigenvalue weighted by atomic mass is 16.5. The zero-order chi connectivity index (χ0) is 18.1. The molecule has 0 aliphatic rings. The minimum Gasteiger partial charge on any atom is -0.485 e. The predicted molar refractivity (Wildman–Crippen MR) is 95.6 cm³/mol. The Labute approximate surface area is 140 Å². The van der Waals surface area contributed by atoms with E-state index >= 15 is 0 Å². The summed E-state index contributed by atoms with van der Waals surface area (Å²) < 4.78 is 10.6. The molecule has 0 amide bonds. The van der Waals surface area contributed by atoms with Crippen molar-refractivity contribution in [2.24, 2.45) is 4.99 Å². The SMILES string of the molecule is CC.CC.CC/C(C#N)=C(\C=NC)OCc1cccc(OC)n1. The number of allylic oxidation sites excluding steroid dienone is 2. The molecule has 0 saturated carbocycles. The molecule has 5 heteroatoms. The monoisotopic (exact) mass is 319 g/mol. The van der Waals surface area contributed by atoms with Crippen LogP contribution in [0, 0.1) is 11.3 Å². The van der Waals surface area contributed by atoms with Crippen LogP contribution in [0.3, 0.4) is 0 Å². The van der Waals surface area contributed by atoms with Gasteiger partial charge in [-0.3, -0.25) is 4.99 Å². The lowest BCUT2D eigenvalue weighted by Crippen LogP contribution is -2.01. The molecular weight excluding hydrogens is 290 g/mol. The quantitative estimate of drug-likeness (QED) is 0.438. The average Bonchev–Trinajstić information content (AvgIpc) is 2.64. The Bertz CT molecular complexity index is 517. The largest absolute Gasteiger partial charge is 0.485 e. The molecule has 0 fully saturated rings. The van der Waals surface area contributed by atoms with Crippen molar-refractivity contribution >= 4 is 6.21 Å². The van der Waals surface area contributed by atoms with Crippen molar-refractivity contribution in [3.8, 4) is 11.9 Å². The van der Waals surface area contributed by atoms with E-state index in [-0.39, 0.29) is 6.61 Å². The van der Waals surface area contributed by atoms with Crippen molar-refractivity contribution in [1.29, 1.82) is 5.26 Å². The summed E-state index contributed by atoms with van der Waals surface area (Å²) >= 11 is 0. The van der Waals surface area contributed by atoms with Gasteiger partial charge in [0.05, 0.1) is 30.7 Å². The molecule has 0 N–H and O–H groups in total. The molecule has 23 heavy (non-hydrogen) atoms. The number of aliphatic imine (C=N–C) groups is 1. The summed E-state index contributed by atoms with van der Waals surface area (Å²) in [6, 6.07) is 7.55. The van der Waals surface area contributed by atoms with E-state index in [2.05, 4.69) is 16.0 Å². The van der Waals surface area contributed by atoms with Crippen molar-refractivity contribution in [3.63, 3.8) is 0 Å². The van der Waals surface area contributed by atoms with E-state index in [0.29, 0.717) is 23.6 Å². The van der Waals surface area contributed by atoms with Crippen LogP contribution in [-0.4, -0.2) is 25.4 Å². The van der Waals surface area contributed by atoms with Gasteiger partial charge in [0.1, 0.15) is 6.61 Å². The number of ether oxygens (including phenoxy) is 2. The van der Waals surface area contributed by atoms with Crippen molar-refractivity contribution in [1.82, 2.24) is 4.98 Å². The van der Waals surface area contributed by atoms with Gasteiger partial charge in [0.25, 0.3) is 0 Å². The molecule has 128 valence electrons. The zero-order valence-corrected chi connectivity index (χ0v) is 15.4. The summed E-state index contributed by atoms with van der Waals surface area (Å²) in [4.78, 5) is 8.13. The van der Waals surface area contributed by atoms with Crippen LogP contribution in [0.2, 0.25) is 0 Å². The standard InChI is InChI=1S/C14H17N3O2.2C2H6/c1-4-11(8-15)13(9-16-2)19-10-12-6-5-7-14(17-12)18-3;2*1-2/h5-7,9H,4,10H2,1-3H3;2*1-2H3/b13-11-,16-9?;;. The van der Waals surface area contributed by atoms with Crippen LogP contribution in [0.1, 0.15) is 46.7 Å². The second kappa shape index (κ2) is 16.0. The van der Waals surface area contributed by atoms with Crippen molar-refractivity contribution < 1.29 is 9.47 Å². The predicted octanol–water partition coefficient (Wildman–Crippen LogP) is 4.55. The fraction of sp³-hybridized carbons (Fsp3) is 0.500. The van der Waals surface area contributed by atoms with Gasteiger partial charge in [-0.15, -0.1) is 0 Å². The summed E-state index contributed by atoms with van der Waals surface area (Å²) in [6.07, 6.45) is 2.14. The summed E-state index contributed by atoms with van der Waals surface area (Å²) in [5.74, 6) is 1.02. The van der Waals surface area contributed by atoms with Crippen molar-refractivity contribution in [3.05, 3.63) is 35.2 Å². The van der Waals surface area contributed by atoms with E-state index in [0.717, 1.165) is 5.69 Å². The molecule has 0 aliphatic carbocycles. The zero-order valence-electron chi connectivity index (χ0n) is 15.4. The first-order valence-corrected chi connectivity index (χ1v) is 7.93. The Morgan fingerprint density at radius 3 is 2.43 bits per heavy atom. The highest BCUT2D eigenvalue weighted by molar-refractivity contribution is 5.78. The molecule has 1 aromatic rings. The first kappa shape index (κ1) is 22.9. The molecule has 5 nitrogen and oxygen atoms in total. The number of nitrogens with zero attached hydrogens (tertiary/aromatic N) is 3. The lowest BCUT2D eigenvalue weighted by Gasteiger charge is -2.08. The van der Waals surface area contributed by atoms with Gasteiger partial charge in [0.2, 0.25) is 5.88 Å². The topological polar surface area (TPSA) is 67.5 Å². The van der Waals surface area contributed by atoms with Gasteiger partial charge >= 0.3 is 0 Å². The highest BCUT2D eigenvalue weighted by Crippen LogP contribution is 2.12. The third-order valence-corrected chi connectivity index (χ3v) is 2.40. The number of hydrogen-bond donors (Lipinski definition) is 0. The van der Waals surface area contributed by atoms with Gasteiger partial charge in [-0.2, -0.15) is 5.26 Å². The lowest BCUT2D eigenvalue weighted by molar-refractivity contribution is 0.211.